The summed E-state index contributed by atoms with van der Waals surface area (Å²) in [7, 11) is 0. The van der Waals surface area contributed by atoms with E-state index in [1.54, 1.807) is 0 Å². The van der Waals surface area contributed by atoms with Gasteiger partial charge in [-0.1, -0.05) is 5.23 Å². The molecular weight excluding hydrogens is 142 g/mol. The number of rotatable bonds is 1. The highest BCUT2D eigenvalue weighted by molar-refractivity contribution is 4.65. The van der Waals surface area contributed by atoms with Crippen molar-refractivity contribution in [2.75, 3.05) is 0 Å². The summed E-state index contributed by atoms with van der Waals surface area (Å²) < 4.78 is 0. The average molecular weight is 161 g/mol. The third-order valence-electron chi connectivity index (χ3n) is 0.934. The Morgan fingerprint density at radius 2 is 1.36 bits per heavy atom. The highest BCUT2D eigenvalue weighted by Gasteiger charge is 2.25. The van der Waals surface area contributed by atoms with E-state index in [0.717, 1.165) is 5.23 Å². The zero-order chi connectivity index (χ0) is 9.28. The first-order valence-corrected chi connectivity index (χ1v) is 3.81. The van der Waals surface area contributed by atoms with Gasteiger partial charge < -0.3 is 0 Å². The van der Waals surface area contributed by atoms with E-state index >= 15 is 0 Å². The van der Waals surface area contributed by atoms with Crippen LogP contribution in [0.5, 0.6) is 0 Å². The quantitative estimate of drug-likeness (QED) is 0.598. The molecule has 0 aromatic carbocycles. The molecule has 3 heteroatoms. The summed E-state index contributed by atoms with van der Waals surface area (Å²) >= 11 is 0. The van der Waals surface area contributed by atoms with E-state index in [1.807, 2.05) is 41.5 Å². The molecular formula is C8H19NO2. The summed E-state index contributed by atoms with van der Waals surface area (Å²) in [4.78, 5) is 5.19. The minimum atomic E-state index is -0.368. The summed E-state index contributed by atoms with van der Waals surface area (Å²) in [6, 6.07) is 0. The summed E-state index contributed by atoms with van der Waals surface area (Å²) in [6.45, 7) is 11.3. The van der Waals surface area contributed by atoms with Gasteiger partial charge in [-0.05, 0) is 41.5 Å². The maximum absolute atomic E-state index is 9.33. The Hall–Kier alpha value is -0.120. The zero-order valence-corrected chi connectivity index (χ0v) is 8.30. The summed E-state index contributed by atoms with van der Waals surface area (Å²) in [6.07, 6.45) is 0. The van der Waals surface area contributed by atoms with Crippen LogP contribution >= 0.6 is 0 Å². The lowest BCUT2D eigenvalue weighted by Gasteiger charge is -2.33. The Labute approximate surface area is 68.9 Å². The molecule has 0 aromatic heterocycles. The molecule has 0 radical (unpaired) electrons. The molecule has 0 heterocycles. The molecule has 0 atom stereocenters. The normalized spacial score (nSPS) is 14.2. The Morgan fingerprint density at radius 1 is 1.00 bits per heavy atom. The average Bonchev–Trinajstić information content (AvgIpc) is 1.56. The van der Waals surface area contributed by atoms with Crippen molar-refractivity contribution < 1.29 is 10.0 Å². The van der Waals surface area contributed by atoms with Gasteiger partial charge in [-0.2, -0.15) is 0 Å². The molecule has 0 bridgehead atoms. The van der Waals surface area contributed by atoms with Crippen LogP contribution < -0.4 is 0 Å². The summed E-state index contributed by atoms with van der Waals surface area (Å²) in [5.74, 6) is 0. The molecule has 0 aliphatic rings. The van der Waals surface area contributed by atoms with Crippen molar-refractivity contribution in [1.29, 1.82) is 0 Å². The summed E-state index contributed by atoms with van der Waals surface area (Å²) in [5, 5.41) is 10.2. The SMILES string of the molecule is CC(C)(C)ON(O)C(C)(C)C. The predicted molar refractivity (Wildman–Crippen MR) is 44.2 cm³/mol. The van der Waals surface area contributed by atoms with Gasteiger partial charge in [0, 0.05) is 0 Å². The second-order valence-electron chi connectivity index (χ2n) is 4.65. The van der Waals surface area contributed by atoms with Crippen molar-refractivity contribution >= 4 is 0 Å². The molecule has 3 nitrogen and oxygen atoms in total. The van der Waals surface area contributed by atoms with E-state index in [4.69, 9.17) is 4.84 Å². The fourth-order valence-electron chi connectivity index (χ4n) is 0.396. The fourth-order valence-corrected chi connectivity index (χ4v) is 0.396. The van der Waals surface area contributed by atoms with Gasteiger partial charge in [0.1, 0.15) is 0 Å². The van der Waals surface area contributed by atoms with Crippen LogP contribution in [-0.4, -0.2) is 21.6 Å². The van der Waals surface area contributed by atoms with Gasteiger partial charge in [-0.15, -0.1) is 0 Å². The second-order valence-corrected chi connectivity index (χ2v) is 4.65. The smallest absolute Gasteiger partial charge is 0.0842 e. The minimum absolute atomic E-state index is 0.345. The molecule has 0 aliphatic heterocycles. The minimum Gasteiger partial charge on any atom is -0.289 e. The van der Waals surface area contributed by atoms with Crippen LogP contribution in [0.25, 0.3) is 0 Å². The van der Waals surface area contributed by atoms with Gasteiger partial charge in [0.05, 0.1) is 11.1 Å². The first-order chi connectivity index (χ1) is 4.63. The molecule has 0 saturated heterocycles. The van der Waals surface area contributed by atoms with Crippen molar-refractivity contribution in [3.63, 3.8) is 0 Å². The Morgan fingerprint density at radius 3 is 1.45 bits per heavy atom. The van der Waals surface area contributed by atoms with Crippen molar-refractivity contribution in [2.24, 2.45) is 0 Å². The Balaban J connectivity index is 3.99. The summed E-state index contributed by atoms with van der Waals surface area (Å²) in [5.41, 5.74) is -0.713. The van der Waals surface area contributed by atoms with E-state index < -0.39 is 0 Å². The number of hydrogen-bond donors (Lipinski definition) is 1. The van der Waals surface area contributed by atoms with E-state index in [1.165, 1.54) is 0 Å². The van der Waals surface area contributed by atoms with Crippen LogP contribution in [-0.2, 0) is 4.84 Å². The van der Waals surface area contributed by atoms with Crippen LogP contribution in [0, 0.1) is 0 Å². The molecule has 1 N–H and O–H groups in total. The number of hydrogen-bond acceptors (Lipinski definition) is 3. The Kier molecular flexibility index (Phi) is 3.06. The zero-order valence-electron chi connectivity index (χ0n) is 8.30. The van der Waals surface area contributed by atoms with Gasteiger partial charge in [-0.25, -0.2) is 0 Å². The maximum Gasteiger partial charge on any atom is 0.0842 e. The van der Waals surface area contributed by atoms with Gasteiger partial charge in [0.15, 0.2) is 0 Å². The molecule has 0 amide bonds. The molecule has 11 heavy (non-hydrogen) atoms. The van der Waals surface area contributed by atoms with Crippen molar-refractivity contribution in [3.05, 3.63) is 0 Å². The molecule has 0 rings (SSSR count). The van der Waals surface area contributed by atoms with Crippen LogP contribution in [0.3, 0.4) is 0 Å². The van der Waals surface area contributed by atoms with Crippen LogP contribution in [0.1, 0.15) is 41.5 Å². The third-order valence-corrected chi connectivity index (χ3v) is 0.934. The van der Waals surface area contributed by atoms with Crippen molar-refractivity contribution in [2.45, 2.75) is 52.7 Å². The van der Waals surface area contributed by atoms with Crippen molar-refractivity contribution in [1.82, 2.24) is 5.23 Å². The first-order valence-electron chi connectivity index (χ1n) is 3.81. The lowest BCUT2D eigenvalue weighted by molar-refractivity contribution is -0.413. The molecule has 0 unspecified atom stereocenters. The molecule has 0 fully saturated rings. The molecule has 0 aliphatic carbocycles. The monoisotopic (exact) mass is 161 g/mol. The van der Waals surface area contributed by atoms with E-state index in [9.17, 15) is 5.21 Å². The van der Waals surface area contributed by atoms with E-state index in [0.29, 0.717) is 0 Å². The number of hydroxylamine groups is 2. The lowest BCUT2D eigenvalue weighted by atomic mass is 10.1. The lowest BCUT2D eigenvalue weighted by Crippen LogP contribution is -2.43. The first kappa shape index (κ1) is 10.9. The van der Waals surface area contributed by atoms with E-state index in [2.05, 4.69) is 0 Å². The van der Waals surface area contributed by atoms with Gasteiger partial charge in [0.25, 0.3) is 0 Å². The second kappa shape index (κ2) is 3.09. The molecule has 0 spiro atoms. The number of nitrogens with zero attached hydrogens (tertiary/aromatic N) is 1. The fraction of sp³-hybridized carbons (Fsp3) is 1.00. The standard InChI is InChI=1S/C8H19NO2/c1-7(2,3)9(10)11-8(4,5)6/h10H,1-6H3. The predicted octanol–water partition coefficient (Wildman–Crippen LogP) is 2.21. The van der Waals surface area contributed by atoms with Crippen LogP contribution in [0.15, 0.2) is 0 Å². The molecule has 0 aromatic rings. The van der Waals surface area contributed by atoms with Crippen molar-refractivity contribution in [3.8, 4) is 0 Å². The molecule has 0 saturated carbocycles. The highest BCUT2D eigenvalue weighted by Crippen LogP contribution is 2.16. The van der Waals surface area contributed by atoms with Gasteiger partial charge in [-0.3, -0.25) is 10.0 Å². The maximum atomic E-state index is 9.33. The Bertz CT molecular complexity index is 121. The molecule has 68 valence electrons. The van der Waals surface area contributed by atoms with Gasteiger partial charge in [0.2, 0.25) is 0 Å². The van der Waals surface area contributed by atoms with E-state index in [-0.39, 0.29) is 11.1 Å². The van der Waals surface area contributed by atoms with Crippen LogP contribution in [0.4, 0.5) is 0 Å². The third kappa shape index (κ3) is 5.18. The van der Waals surface area contributed by atoms with Gasteiger partial charge >= 0.3 is 0 Å². The van der Waals surface area contributed by atoms with Crippen LogP contribution in [0.2, 0.25) is 0 Å². The highest BCUT2D eigenvalue weighted by atomic mass is 16.9. The largest absolute Gasteiger partial charge is 0.289 e. The topological polar surface area (TPSA) is 32.7 Å².